The van der Waals surface area contributed by atoms with Crippen molar-refractivity contribution in [2.24, 2.45) is 23.7 Å². The van der Waals surface area contributed by atoms with Crippen LogP contribution < -0.4 is 15.4 Å². The van der Waals surface area contributed by atoms with Crippen molar-refractivity contribution < 1.29 is 14.3 Å². The van der Waals surface area contributed by atoms with Crippen molar-refractivity contribution >= 4 is 23.2 Å². The first-order valence-corrected chi connectivity index (χ1v) is 12.4. The number of amides is 2. The second-order valence-corrected chi connectivity index (χ2v) is 9.73. The molecule has 2 aromatic rings. The van der Waals surface area contributed by atoms with E-state index in [1.165, 1.54) is 12.8 Å². The molecule has 2 aliphatic rings. The number of nitrogens with one attached hydrogen (secondary N) is 2. The summed E-state index contributed by atoms with van der Waals surface area (Å²) in [5.41, 5.74) is 1.45. The molecule has 0 spiro atoms. The Balaban J connectivity index is 1.29. The first kappa shape index (κ1) is 23.3. The number of pyridine rings is 1. The molecule has 0 bridgehead atoms. The van der Waals surface area contributed by atoms with Gasteiger partial charge in [0.1, 0.15) is 5.75 Å². The number of carbonyl (C=O) groups is 2. The Kier molecular flexibility index (Phi) is 7.63. The smallest absolute Gasteiger partial charge is 0.227 e. The quantitative estimate of drug-likeness (QED) is 0.534. The molecule has 4 rings (SSSR count). The molecule has 2 aliphatic carbocycles. The van der Waals surface area contributed by atoms with Crippen molar-refractivity contribution in [2.75, 3.05) is 10.6 Å². The van der Waals surface area contributed by atoms with E-state index in [1.54, 1.807) is 12.3 Å². The Morgan fingerprint density at radius 3 is 1.79 bits per heavy atom. The monoisotopic (exact) mass is 449 g/mol. The lowest BCUT2D eigenvalue weighted by Crippen LogP contribution is -2.30. The number of rotatable bonds is 6. The highest BCUT2D eigenvalue weighted by Crippen LogP contribution is 2.32. The van der Waals surface area contributed by atoms with E-state index in [0.29, 0.717) is 29.2 Å². The van der Waals surface area contributed by atoms with E-state index >= 15 is 0 Å². The van der Waals surface area contributed by atoms with Gasteiger partial charge >= 0.3 is 0 Å². The third kappa shape index (κ3) is 6.12. The fraction of sp³-hybridized carbons (Fsp3) is 0.519. The molecular formula is C27H35N3O3. The maximum Gasteiger partial charge on any atom is 0.227 e. The van der Waals surface area contributed by atoms with Gasteiger partial charge in [0, 0.05) is 23.6 Å². The molecule has 4 atom stereocenters. The number of carbonyl (C=O) groups excluding carboxylic acids is 2. The third-order valence-electron chi connectivity index (χ3n) is 7.24. The van der Waals surface area contributed by atoms with Gasteiger partial charge in [0.25, 0.3) is 0 Å². The number of hydrogen-bond donors (Lipinski definition) is 2. The molecule has 6 nitrogen and oxygen atoms in total. The molecule has 6 heteroatoms. The lowest BCUT2D eigenvalue weighted by atomic mass is 9.80. The summed E-state index contributed by atoms with van der Waals surface area (Å²) in [6.07, 6.45) is 10.5. The summed E-state index contributed by atoms with van der Waals surface area (Å²) in [5.74, 6) is 2.32. The van der Waals surface area contributed by atoms with Gasteiger partial charge in [-0.2, -0.15) is 0 Å². The first-order chi connectivity index (χ1) is 16.0. The number of aromatic nitrogens is 1. The Morgan fingerprint density at radius 1 is 0.758 bits per heavy atom. The van der Waals surface area contributed by atoms with E-state index in [9.17, 15) is 9.59 Å². The van der Waals surface area contributed by atoms with Crippen LogP contribution in [0, 0.1) is 23.7 Å². The van der Waals surface area contributed by atoms with E-state index in [0.717, 1.165) is 44.2 Å². The van der Waals surface area contributed by atoms with Crippen LogP contribution in [0.1, 0.15) is 65.2 Å². The Labute approximate surface area is 196 Å². The second-order valence-electron chi connectivity index (χ2n) is 9.73. The molecule has 0 aliphatic heterocycles. The van der Waals surface area contributed by atoms with Crippen molar-refractivity contribution in [3.05, 3.63) is 42.6 Å². The van der Waals surface area contributed by atoms with Gasteiger partial charge in [0.05, 0.1) is 11.9 Å². The summed E-state index contributed by atoms with van der Waals surface area (Å²) >= 11 is 0. The van der Waals surface area contributed by atoms with E-state index in [4.69, 9.17) is 4.74 Å². The van der Waals surface area contributed by atoms with Crippen LogP contribution in [-0.2, 0) is 9.59 Å². The van der Waals surface area contributed by atoms with E-state index in [2.05, 4.69) is 29.5 Å². The van der Waals surface area contributed by atoms with Gasteiger partial charge < -0.3 is 15.4 Å². The molecule has 0 saturated heterocycles. The average Bonchev–Trinajstić information content (AvgIpc) is 2.82. The molecule has 0 radical (unpaired) electrons. The molecule has 2 N–H and O–H groups in total. The molecule has 176 valence electrons. The molecular weight excluding hydrogens is 414 g/mol. The van der Waals surface area contributed by atoms with Gasteiger partial charge in [0.2, 0.25) is 17.7 Å². The maximum absolute atomic E-state index is 12.6. The Morgan fingerprint density at radius 2 is 1.27 bits per heavy atom. The van der Waals surface area contributed by atoms with Gasteiger partial charge in [-0.1, -0.05) is 39.5 Å². The predicted octanol–water partition coefficient (Wildman–Crippen LogP) is 6.40. The van der Waals surface area contributed by atoms with Crippen molar-refractivity contribution in [3.63, 3.8) is 0 Å². The van der Waals surface area contributed by atoms with Crippen LogP contribution in [0.5, 0.6) is 11.6 Å². The zero-order valence-corrected chi connectivity index (χ0v) is 19.7. The van der Waals surface area contributed by atoms with Crippen LogP contribution in [0.3, 0.4) is 0 Å². The SMILES string of the molecule is CC1CCCCC1C(=O)Nc1ccc(Oc2ccc(NC(=O)C3CCCCC3C)cn2)cc1. The lowest BCUT2D eigenvalue weighted by Gasteiger charge is -2.27. The van der Waals surface area contributed by atoms with Crippen molar-refractivity contribution in [1.29, 1.82) is 0 Å². The number of hydrogen-bond acceptors (Lipinski definition) is 4. The Hall–Kier alpha value is -2.89. The van der Waals surface area contributed by atoms with Gasteiger partial charge in [0.15, 0.2) is 0 Å². The standard InChI is InChI=1S/C27H35N3O3/c1-18-7-3-5-9-23(18)26(31)29-20-11-14-22(15-12-20)33-25-16-13-21(17-28-25)30-27(32)24-10-6-4-8-19(24)2/h11-19,23-24H,3-10H2,1-2H3,(H,29,31)(H,30,32). The van der Waals surface area contributed by atoms with Gasteiger partial charge in [-0.05, 0) is 67.9 Å². The third-order valence-corrected chi connectivity index (χ3v) is 7.24. The van der Waals surface area contributed by atoms with E-state index < -0.39 is 0 Å². The van der Waals surface area contributed by atoms with E-state index in [-0.39, 0.29) is 23.7 Å². The topological polar surface area (TPSA) is 80.3 Å². The molecule has 1 heterocycles. The van der Waals surface area contributed by atoms with Crippen LogP contribution in [0.25, 0.3) is 0 Å². The number of benzene rings is 1. The molecule has 2 saturated carbocycles. The summed E-state index contributed by atoms with van der Waals surface area (Å²) < 4.78 is 5.83. The molecule has 2 amide bonds. The van der Waals surface area contributed by atoms with Crippen LogP contribution >= 0.6 is 0 Å². The van der Waals surface area contributed by atoms with Gasteiger partial charge in [-0.3, -0.25) is 9.59 Å². The van der Waals surface area contributed by atoms with Crippen molar-refractivity contribution in [2.45, 2.75) is 65.2 Å². The largest absolute Gasteiger partial charge is 0.439 e. The molecule has 4 unspecified atom stereocenters. The zero-order chi connectivity index (χ0) is 23.2. The van der Waals surface area contributed by atoms with Crippen molar-refractivity contribution in [3.8, 4) is 11.6 Å². The van der Waals surface area contributed by atoms with E-state index in [1.807, 2.05) is 30.3 Å². The van der Waals surface area contributed by atoms with Crippen LogP contribution in [0.15, 0.2) is 42.6 Å². The fourth-order valence-corrected chi connectivity index (χ4v) is 5.12. The van der Waals surface area contributed by atoms with Crippen LogP contribution in [-0.4, -0.2) is 16.8 Å². The summed E-state index contributed by atoms with van der Waals surface area (Å²) in [6, 6.07) is 10.9. The lowest BCUT2D eigenvalue weighted by molar-refractivity contribution is -0.123. The van der Waals surface area contributed by atoms with Crippen molar-refractivity contribution in [1.82, 2.24) is 4.98 Å². The fourth-order valence-electron chi connectivity index (χ4n) is 5.12. The highest BCUT2D eigenvalue weighted by Gasteiger charge is 2.28. The molecule has 2 fully saturated rings. The minimum absolute atomic E-state index is 0.0787. The zero-order valence-electron chi connectivity index (χ0n) is 19.7. The minimum Gasteiger partial charge on any atom is -0.439 e. The number of anilines is 2. The maximum atomic E-state index is 12.6. The van der Waals surface area contributed by atoms with Gasteiger partial charge in [-0.15, -0.1) is 0 Å². The van der Waals surface area contributed by atoms with Crippen LogP contribution in [0.2, 0.25) is 0 Å². The summed E-state index contributed by atoms with van der Waals surface area (Å²) in [7, 11) is 0. The number of nitrogens with zero attached hydrogens (tertiary/aromatic N) is 1. The Bertz CT molecular complexity index is 865. The summed E-state index contributed by atoms with van der Waals surface area (Å²) in [5, 5.41) is 6.03. The molecule has 1 aromatic carbocycles. The first-order valence-electron chi connectivity index (χ1n) is 12.4. The molecule has 1 aromatic heterocycles. The highest BCUT2D eigenvalue weighted by atomic mass is 16.5. The minimum atomic E-state index is 0.0787. The van der Waals surface area contributed by atoms with Crippen LogP contribution in [0.4, 0.5) is 11.4 Å². The number of ether oxygens (including phenoxy) is 1. The normalized spacial score (nSPS) is 25.2. The predicted molar refractivity (Wildman–Crippen MR) is 130 cm³/mol. The summed E-state index contributed by atoms with van der Waals surface area (Å²) in [4.78, 5) is 29.5. The van der Waals surface area contributed by atoms with Gasteiger partial charge in [-0.25, -0.2) is 4.98 Å². The summed E-state index contributed by atoms with van der Waals surface area (Å²) in [6.45, 7) is 4.33. The molecule has 33 heavy (non-hydrogen) atoms. The second kappa shape index (κ2) is 10.8. The highest BCUT2D eigenvalue weighted by molar-refractivity contribution is 5.93. The average molecular weight is 450 g/mol.